The minimum atomic E-state index is -0.502. The molecule has 0 radical (unpaired) electrons. The summed E-state index contributed by atoms with van der Waals surface area (Å²) >= 11 is 1.28. The standard InChI is InChI=1S/C21H25N3O6S/c1-27-16-9-14(10-17(12-16)28-2)19(26)23-20-22-15(13-31-20)11-18(25)24-5-3-21(4-6-24)29-7-8-30-21/h9-10,12-13H,3-8,11H2,1-2H3,(H,22,23,26). The Kier molecular flexibility index (Phi) is 6.40. The number of ether oxygens (including phenoxy) is 4. The summed E-state index contributed by atoms with van der Waals surface area (Å²) in [5.74, 6) is 0.214. The van der Waals surface area contributed by atoms with Gasteiger partial charge in [0.25, 0.3) is 5.91 Å². The van der Waals surface area contributed by atoms with Crippen LogP contribution in [0.4, 0.5) is 5.13 Å². The number of amides is 2. The van der Waals surface area contributed by atoms with Crippen molar-refractivity contribution in [1.29, 1.82) is 0 Å². The highest BCUT2D eigenvalue weighted by Gasteiger charge is 2.40. The van der Waals surface area contributed by atoms with Gasteiger partial charge in [0, 0.05) is 42.9 Å². The number of nitrogens with one attached hydrogen (secondary N) is 1. The lowest BCUT2D eigenvalue weighted by molar-refractivity contribution is -0.187. The van der Waals surface area contributed by atoms with Crippen molar-refractivity contribution in [2.75, 3.05) is 45.8 Å². The molecule has 10 heteroatoms. The summed E-state index contributed by atoms with van der Waals surface area (Å²) in [4.78, 5) is 31.5. The van der Waals surface area contributed by atoms with Crippen molar-refractivity contribution in [3.05, 3.63) is 34.8 Å². The number of hydrogen-bond acceptors (Lipinski definition) is 8. The molecule has 166 valence electrons. The molecule has 31 heavy (non-hydrogen) atoms. The molecule has 0 bridgehead atoms. The molecule has 0 aliphatic carbocycles. The predicted octanol–water partition coefficient (Wildman–Crippen LogP) is 2.32. The molecule has 1 spiro atoms. The molecule has 2 saturated heterocycles. The van der Waals surface area contributed by atoms with E-state index in [2.05, 4.69) is 10.3 Å². The van der Waals surface area contributed by atoms with Crippen molar-refractivity contribution in [3.8, 4) is 11.5 Å². The first-order valence-electron chi connectivity index (χ1n) is 10.0. The van der Waals surface area contributed by atoms with Crippen molar-refractivity contribution in [1.82, 2.24) is 9.88 Å². The normalized spacial score (nSPS) is 17.5. The van der Waals surface area contributed by atoms with Gasteiger partial charge in [0.1, 0.15) is 11.5 Å². The van der Waals surface area contributed by atoms with Crippen molar-refractivity contribution in [3.63, 3.8) is 0 Å². The molecule has 1 aromatic carbocycles. The molecule has 1 aromatic heterocycles. The second-order valence-corrected chi connectivity index (χ2v) is 8.22. The molecule has 1 N–H and O–H groups in total. The number of thiazole rings is 1. The predicted molar refractivity (Wildman–Crippen MR) is 114 cm³/mol. The molecular formula is C21H25N3O6S. The number of carbonyl (C=O) groups excluding carboxylic acids is 2. The summed E-state index contributed by atoms with van der Waals surface area (Å²) in [7, 11) is 3.05. The maximum atomic E-state index is 12.7. The summed E-state index contributed by atoms with van der Waals surface area (Å²) in [5.41, 5.74) is 1.02. The van der Waals surface area contributed by atoms with Crippen molar-refractivity contribution >= 4 is 28.3 Å². The molecule has 2 fully saturated rings. The van der Waals surface area contributed by atoms with Crippen molar-refractivity contribution in [2.24, 2.45) is 0 Å². The van der Waals surface area contributed by atoms with Crippen LogP contribution in [-0.4, -0.2) is 68.0 Å². The number of rotatable bonds is 6. The van der Waals surface area contributed by atoms with Gasteiger partial charge in [0.15, 0.2) is 10.9 Å². The molecule has 2 aromatic rings. The maximum absolute atomic E-state index is 12.7. The van der Waals surface area contributed by atoms with E-state index in [0.717, 1.165) is 0 Å². The molecule has 3 heterocycles. The fourth-order valence-corrected chi connectivity index (χ4v) is 4.41. The largest absolute Gasteiger partial charge is 0.497 e. The summed E-state index contributed by atoms with van der Waals surface area (Å²) < 4.78 is 21.8. The minimum Gasteiger partial charge on any atom is -0.497 e. The quantitative estimate of drug-likeness (QED) is 0.726. The van der Waals surface area contributed by atoms with E-state index in [-0.39, 0.29) is 18.2 Å². The van der Waals surface area contributed by atoms with Crippen LogP contribution in [-0.2, 0) is 20.7 Å². The van der Waals surface area contributed by atoms with Crippen LogP contribution >= 0.6 is 11.3 Å². The Balaban J connectivity index is 1.33. The Hall–Kier alpha value is -2.69. The van der Waals surface area contributed by atoms with Crippen LogP contribution in [0.1, 0.15) is 28.9 Å². The van der Waals surface area contributed by atoms with E-state index in [1.807, 2.05) is 4.90 Å². The van der Waals surface area contributed by atoms with Gasteiger partial charge in [-0.2, -0.15) is 0 Å². The Morgan fingerprint density at radius 1 is 1.13 bits per heavy atom. The third-order valence-electron chi connectivity index (χ3n) is 5.41. The van der Waals surface area contributed by atoms with E-state index < -0.39 is 5.79 Å². The molecular weight excluding hydrogens is 422 g/mol. The highest BCUT2D eigenvalue weighted by Crippen LogP contribution is 2.31. The van der Waals surface area contributed by atoms with Gasteiger partial charge < -0.3 is 23.8 Å². The van der Waals surface area contributed by atoms with Crippen LogP contribution < -0.4 is 14.8 Å². The number of carbonyl (C=O) groups is 2. The third-order valence-corrected chi connectivity index (χ3v) is 6.22. The Labute approximate surface area is 184 Å². The van der Waals surface area contributed by atoms with E-state index >= 15 is 0 Å². The summed E-state index contributed by atoms with van der Waals surface area (Å²) in [6.07, 6.45) is 1.55. The monoisotopic (exact) mass is 447 g/mol. The fourth-order valence-electron chi connectivity index (χ4n) is 3.70. The molecule has 0 unspecified atom stereocenters. The van der Waals surface area contributed by atoms with Crippen LogP contribution in [0.25, 0.3) is 0 Å². The number of likely N-dealkylation sites (tertiary alicyclic amines) is 1. The van der Waals surface area contributed by atoms with E-state index in [4.69, 9.17) is 18.9 Å². The van der Waals surface area contributed by atoms with E-state index in [1.165, 1.54) is 25.6 Å². The van der Waals surface area contributed by atoms with E-state index in [0.29, 0.717) is 67.0 Å². The first-order valence-corrected chi connectivity index (χ1v) is 10.9. The molecule has 0 saturated carbocycles. The topological polar surface area (TPSA) is 99.2 Å². The van der Waals surface area contributed by atoms with Gasteiger partial charge in [-0.3, -0.25) is 14.9 Å². The van der Waals surface area contributed by atoms with Gasteiger partial charge in [-0.15, -0.1) is 11.3 Å². The number of nitrogens with zero attached hydrogens (tertiary/aromatic N) is 2. The molecule has 2 amide bonds. The average Bonchev–Trinajstić information content (AvgIpc) is 3.43. The van der Waals surface area contributed by atoms with E-state index in [9.17, 15) is 9.59 Å². The van der Waals surface area contributed by atoms with Crippen LogP contribution in [0, 0.1) is 0 Å². The zero-order valence-corrected chi connectivity index (χ0v) is 18.3. The molecule has 0 atom stereocenters. The van der Waals surface area contributed by atoms with Gasteiger partial charge in [-0.25, -0.2) is 4.98 Å². The highest BCUT2D eigenvalue weighted by molar-refractivity contribution is 7.14. The number of hydrogen-bond donors (Lipinski definition) is 1. The second-order valence-electron chi connectivity index (χ2n) is 7.36. The first kappa shape index (κ1) is 21.5. The summed E-state index contributed by atoms with van der Waals surface area (Å²) in [6, 6.07) is 4.94. The first-order chi connectivity index (χ1) is 15.0. The summed E-state index contributed by atoms with van der Waals surface area (Å²) in [5, 5.41) is 4.98. The van der Waals surface area contributed by atoms with Gasteiger partial charge in [-0.1, -0.05) is 0 Å². The minimum absolute atomic E-state index is 0.00792. The zero-order valence-electron chi connectivity index (χ0n) is 17.5. The van der Waals surface area contributed by atoms with Gasteiger partial charge in [0.05, 0.1) is 39.5 Å². The zero-order chi connectivity index (χ0) is 21.8. The Bertz CT molecular complexity index is 924. The van der Waals surface area contributed by atoms with E-state index in [1.54, 1.807) is 23.6 Å². The number of benzene rings is 1. The van der Waals surface area contributed by atoms with Gasteiger partial charge >= 0.3 is 0 Å². The lowest BCUT2D eigenvalue weighted by atomic mass is 10.0. The number of aromatic nitrogens is 1. The molecule has 2 aliphatic heterocycles. The number of piperidine rings is 1. The van der Waals surface area contributed by atoms with Crippen molar-refractivity contribution < 1.29 is 28.5 Å². The Morgan fingerprint density at radius 3 is 2.39 bits per heavy atom. The lowest BCUT2D eigenvalue weighted by Crippen LogP contribution is -2.47. The number of methoxy groups -OCH3 is 2. The average molecular weight is 448 g/mol. The molecule has 2 aliphatic rings. The second kappa shape index (κ2) is 9.21. The van der Waals surface area contributed by atoms with Gasteiger partial charge in [0.2, 0.25) is 5.91 Å². The lowest BCUT2D eigenvalue weighted by Gasteiger charge is -2.37. The van der Waals surface area contributed by atoms with Crippen molar-refractivity contribution in [2.45, 2.75) is 25.0 Å². The SMILES string of the molecule is COc1cc(OC)cc(C(=O)Nc2nc(CC(=O)N3CCC4(CC3)OCCO4)cs2)c1. The Morgan fingerprint density at radius 2 is 1.77 bits per heavy atom. The van der Waals surface area contributed by atoms with Crippen LogP contribution in [0.3, 0.4) is 0 Å². The number of anilines is 1. The third kappa shape index (κ3) is 4.97. The smallest absolute Gasteiger partial charge is 0.257 e. The van der Waals surface area contributed by atoms with Crippen LogP contribution in [0.2, 0.25) is 0 Å². The summed E-state index contributed by atoms with van der Waals surface area (Å²) in [6.45, 7) is 2.43. The fraction of sp³-hybridized carbons (Fsp3) is 0.476. The van der Waals surface area contributed by atoms with Crippen LogP contribution in [0.5, 0.6) is 11.5 Å². The highest BCUT2D eigenvalue weighted by atomic mass is 32.1. The maximum Gasteiger partial charge on any atom is 0.257 e. The van der Waals surface area contributed by atoms with Gasteiger partial charge in [-0.05, 0) is 12.1 Å². The molecule has 9 nitrogen and oxygen atoms in total. The van der Waals surface area contributed by atoms with Crippen LogP contribution in [0.15, 0.2) is 23.6 Å². The molecule has 4 rings (SSSR count).